The van der Waals surface area contributed by atoms with Gasteiger partial charge < -0.3 is 0 Å². The molecule has 0 radical (unpaired) electrons. The van der Waals surface area contributed by atoms with Crippen LogP contribution >= 0.6 is 0 Å². The predicted octanol–water partition coefficient (Wildman–Crippen LogP) is 5.06. The highest BCUT2D eigenvalue weighted by Crippen LogP contribution is 2.39. The van der Waals surface area contributed by atoms with Gasteiger partial charge in [0.2, 0.25) is 0 Å². The van der Waals surface area contributed by atoms with Crippen molar-refractivity contribution in [1.82, 2.24) is 0 Å². The fourth-order valence-electron chi connectivity index (χ4n) is 3.34. The average molecular weight is 272 g/mol. The molecule has 1 nitrogen and oxygen atoms in total. The maximum Gasteiger partial charge on any atom is 0.0461 e. The van der Waals surface area contributed by atoms with Crippen LogP contribution in [0.4, 0.5) is 0 Å². The molecule has 0 saturated heterocycles. The van der Waals surface area contributed by atoms with Gasteiger partial charge >= 0.3 is 0 Å². The van der Waals surface area contributed by atoms with Gasteiger partial charge in [0.1, 0.15) is 0 Å². The normalized spacial score (nSPS) is 21.1. The average Bonchev–Trinajstić information content (AvgIpc) is 2.34. The molecule has 1 atom stereocenters. The quantitative estimate of drug-likeness (QED) is 0.564. The second-order valence-corrected chi connectivity index (χ2v) is 8.42. The Balaban J connectivity index is 2.50. The molecule has 2 heteroatoms. The summed E-state index contributed by atoms with van der Waals surface area (Å²) >= 11 is 0. The van der Waals surface area contributed by atoms with Crippen molar-refractivity contribution in [2.45, 2.75) is 89.7 Å². The molecule has 0 amide bonds. The summed E-state index contributed by atoms with van der Waals surface area (Å²) in [6.07, 6.45) is 12.6. The Labute approximate surface area is 117 Å². The summed E-state index contributed by atoms with van der Waals surface area (Å²) in [4.78, 5) is 0. The van der Waals surface area contributed by atoms with E-state index in [0.717, 1.165) is 5.75 Å². The predicted molar refractivity (Wildman–Crippen MR) is 82.4 cm³/mol. The third-order valence-corrected chi connectivity index (χ3v) is 6.41. The summed E-state index contributed by atoms with van der Waals surface area (Å²) in [7, 11) is -0.589. The van der Waals surface area contributed by atoms with Crippen LogP contribution in [0.15, 0.2) is 0 Å². The van der Waals surface area contributed by atoms with E-state index >= 15 is 0 Å². The summed E-state index contributed by atoms with van der Waals surface area (Å²) < 4.78 is 12.9. The Morgan fingerprint density at radius 1 is 1.06 bits per heavy atom. The van der Waals surface area contributed by atoms with Gasteiger partial charge in [-0.3, -0.25) is 4.21 Å². The van der Waals surface area contributed by atoms with Gasteiger partial charge in [0.25, 0.3) is 0 Å². The minimum absolute atomic E-state index is 0.179. The lowest BCUT2D eigenvalue weighted by atomic mass is 9.83. The summed E-state index contributed by atoms with van der Waals surface area (Å²) in [6, 6.07) is 0. The molecule has 18 heavy (non-hydrogen) atoms. The Hall–Kier alpha value is 0.150. The molecule has 0 N–H and O–H groups in total. The molecular formula is C16H32OS. The van der Waals surface area contributed by atoms with Gasteiger partial charge in [-0.2, -0.15) is 0 Å². The fraction of sp³-hybridized carbons (Fsp3) is 1.00. The van der Waals surface area contributed by atoms with Gasteiger partial charge in [0.05, 0.1) is 0 Å². The van der Waals surface area contributed by atoms with Gasteiger partial charge in [-0.1, -0.05) is 59.3 Å². The van der Waals surface area contributed by atoms with Crippen LogP contribution in [0.5, 0.6) is 0 Å². The van der Waals surface area contributed by atoms with Crippen molar-refractivity contribution < 1.29 is 4.21 Å². The van der Waals surface area contributed by atoms with E-state index in [9.17, 15) is 4.21 Å². The summed E-state index contributed by atoms with van der Waals surface area (Å²) in [5, 5.41) is 0. The highest BCUT2D eigenvalue weighted by molar-refractivity contribution is 7.86. The van der Waals surface area contributed by atoms with Crippen molar-refractivity contribution in [2.24, 2.45) is 5.92 Å². The van der Waals surface area contributed by atoms with Crippen LogP contribution in [0, 0.1) is 5.92 Å². The largest absolute Gasteiger partial charge is 0.259 e. The summed E-state index contributed by atoms with van der Waals surface area (Å²) in [5.41, 5.74) is 0. The van der Waals surface area contributed by atoms with Crippen LogP contribution in [-0.4, -0.2) is 14.7 Å². The highest BCUT2D eigenvalue weighted by Gasteiger charge is 2.37. The van der Waals surface area contributed by atoms with E-state index in [1.54, 1.807) is 0 Å². The van der Waals surface area contributed by atoms with Crippen molar-refractivity contribution in [3.63, 3.8) is 0 Å². The molecule has 0 spiro atoms. The van der Waals surface area contributed by atoms with Crippen LogP contribution in [0.2, 0.25) is 0 Å². The lowest BCUT2D eigenvalue weighted by molar-refractivity contribution is 0.333. The molecule has 0 aromatic carbocycles. The van der Waals surface area contributed by atoms with Crippen LogP contribution in [0.3, 0.4) is 0 Å². The number of hydrogen-bond donors (Lipinski definition) is 0. The molecule has 0 aromatic heterocycles. The zero-order chi connectivity index (χ0) is 13.4. The second kappa shape index (κ2) is 8.35. The molecule has 0 heterocycles. The first kappa shape index (κ1) is 16.2. The van der Waals surface area contributed by atoms with E-state index in [1.807, 2.05) is 0 Å². The van der Waals surface area contributed by atoms with Crippen LogP contribution < -0.4 is 0 Å². The van der Waals surface area contributed by atoms with Crippen molar-refractivity contribution in [3.05, 3.63) is 0 Å². The van der Waals surface area contributed by atoms with Crippen LogP contribution in [0.25, 0.3) is 0 Å². The van der Waals surface area contributed by atoms with Crippen molar-refractivity contribution >= 4 is 10.8 Å². The molecule has 0 bridgehead atoms. The molecule has 1 rings (SSSR count). The second-order valence-electron chi connectivity index (χ2n) is 6.45. The lowest BCUT2D eigenvalue weighted by Crippen LogP contribution is -2.39. The Morgan fingerprint density at radius 2 is 1.72 bits per heavy atom. The van der Waals surface area contributed by atoms with Gasteiger partial charge in [-0.05, 0) is 31.6 Å². The first-order chi connectivity index (χ1) is 8.60. The molecule has 1 fully saturated rings. The number of unbranched alkanes of at least 4 members (excludes halogenated alkanes) is 3. The van der Waals surface area contributed by atoms with Crippen LogP contribution in [0.1, 0.15) is 85.0 Å². The number of hydrogen-bond acceptors (Lipinski definition) is 1. The van der Waals surface area contributed by atoms with Gasteiger partial charge in [-0.25, -0.2) is 0 Å². The molecule has 0 aromatic rings. The SMILES string of the molecule is CCCCCCS(=O)C1(CC(C)C)CCCCC1. The fourth-order valence-corrected chi connectivity index (χ4v) is 5.50. The zero-order valence-electron chi connectivity index (χ0n) is 12.7. The Morgan fingerprint density at radius 3 is 2.28 bits per heavy atom. The molecule has 1 aliphatic rings. The third kappa shape index (κ3) is 5.03. The van der Waals surface area contributed by atoms with E-state index < -0.39 is 10.8 Å². The molecule has 1 aliphatic carbocycles. The first-order valence-electron chi connectivity index (χ1n) is 7.99. The molecular weight excluding hydrogens is 240 g/mol. The van der Waals surface area contributed by atoms with Crippen molar-refractivity contribution in [3.8, 4) is 0 Å². The maximum atomic E-state index is 12.7. The van der Waals surface area contributed by atoms with Crippen molar-refractivity contribution in [2.75, 3.05) is 5.75 Å². The van der Waals surface area contributed by atoms with Gasteiger partial charge in [0.15, 0.2) is 0 Å². The van der Waals surface area contributed by atoms with E-state index in [1.165, 1.54) is 64.2 Å². The Kier molecular flexibility index (Phi) is 7.51. The minimum atomic E-state index is -0.589. The number of rotatable bonds is 8. The van der Waals surface area contributed by atoms with E-state index in [-0.39, 0.29) is 4.75 Å². The first-order valence-corrected chi connectivity index (χ1v) is 9.31. The van der Waals surface area contributed by atoms with Gasteiger partial charge in [0, 0.05) is 21.3 Å². The smallest absolute Gasteiger partial charge is 0.0461 e. The van der Waals surface area contributed by atoms with E-state index in [0.29, 0.717) is 5.92 Å². The summed E-state index contributed by atoms with van der Waals surface area (Å²) in [6.45, 7) is 6.80. The van der Waals surface area contributed by atoms with Gasteiger partial charge in [-0.15, -0.1) is 0 Å². The third-order valence-electron chi connectivity index (χ3n) is 4.21. The Bertz CT molecular complexity index is 241. The summed E-state index contributed by atoms with van der Waals surface area (Å²) in [5.74, 6) is 1.63. The molecule has 108 valence electrons. The standard InChI is InChI=1S/C16H32OS/c1-4-5-6-10-13-18(17)16(14-15(2)3)11-8-7-9-12-16/h15H,4-14H2,1-3H3. The molecule has 0 aliphatic heterocycles. The van der Waals surface area contributed by atoms with E-state index in [4.69, 9.17) is 0 Å². The maximum absolute atomic E-state index is 12.7. The zero-order valence-corrected chi connectivity index (χ0v) is 13.5. The van der Waals surface area contributed by atoms with Crippen LogP contribution in [-0.2, 0) is 10.8 Å². The van der Waals surface area contributed by atoms with Crippen molar-refractivity contribution in [1.29, 1.82) is 0 Å². The molecule has 1 unspecified atom stereocenters. The van der Waals surface area contributed by atoms with E-state index in [2.05, 4.69) is 20.8 Å². The topological polar surface area (TPSA) is 17.1 Å². The lowest BCUT2D eigenvalue weighted by Gasteiger charge is -2.38. The highest BCUT2D eigenvalue weighted by atomic mass is 32.2. The molecule has 1 saturated carbocycles. The minimum Gasteiger partial charge on any atom is -0.259 e. The monoisotopic (exact) mass is 272 g/mol.